The summed E-state index contributed by atoms with van der Waals surface area (Å²) in [5.74, 6) is -0.782. The van der Waals surface area contributed by atoms with Crippen molar-refractivity contribution < 1.29 is 14.3 Å². The average Bonchev–Trinajstić information content (AvgIpc) is 2.34. The van der Waals surface area contributed by atoms with Crippen molar-refractivity contribution >= 4 is 17.6 Å². The molecule has 5 nitrogen and oxygen atoms in total. The Morgan fingerprint density at radius 1 is 1.21 bits per heavy atom. The molecule has 19 heavy (non-hydrogen) atoms. The molecule has 0 fully saturated rings. The summed E-state index contributed by atoms with van der Waals surface area (Å²) in [6.07, 6.45) is 0. The molecule has 0 saturated heterocycles. The van der Waals surface area contributed by atoms with E-state index < -0.39 is 11.6 Å². The largest absolute Gasteiger partial charge is 0.459 e. The van der Waals surface area contributed by atoms with Crippen molar-refractivity contribution in [2.75, 3.05) is 18.0 Å². The summed E-state index contributed by atoms with van der Waals surface area (Å²) in [5.41, 5.74) is 5.42. The SMILES string of the molecule is CC(C)(C)OC(=O)CN(C(=O)CN)c1ccccc1. The molecule has 1 rings (SSSR count). The minimum atomic E-state index is -0.578. The van der Waals surface area contributed by atoms with Crippen LogP contribution >= 0.6 is 0 Å². The fourth-order valence-corrected chi connectivity index (χ4v) is 1.54. The van der Waals surface area contributed by atoms with Gasteiger partial charge in [-0.2, -0.15) is 0 Å². The number of esters is 1. The van der Waals surface area contributed by atoms with Crippen molar-refractivity contribution in [1.29, 1.82) is 0 Å². The minimum absolute atomic E-state index is 0.142. The predicted molar refractivity (Wildman–Crippen MR) is 73.7 cm³/mol. The Hall–Kier alpha value is -1.88. The molecule has 0 atom stereocenters. The molecule has 1 aromatic rings. The number of para-hydroxylation sites is 1. The van der Waals surface area contributed by atoms with Crippen LogP contribution in [0.3, 0.4) is 0 Å². The van der Waals surface area contributed by atoms with Crippen molar-refractivity contribution in [2.45, 2.75) is 26.4 Å². The first kappa shape index (κ1) is 15.2. The lowest BCUT2D eigenvalue weighted by molar-refractivity contribution is -0.153. The van der Waals surface area contributed by atoms with Crippen LogP contribution in [-0.4, -0.2) is 30.6 Å². The van der Waals surface area contributed by atoms with Gasteiger partial charge in [0.1, 0.15) is 12.1 Å². The van der Waals surface area contributed by atoms with E-state index in [9.17, 15) is 9.59 Å². The summed E-state index contributed by atoms with van der Waals surface area (Å²) >= 11 is 0. The van der Waals surface area contributed by atoms with E-state index in [4.69, 9.17) is 10.5 Å². The van der Waals surface area contributed by atoms with Gasteiger partial charge in [0.05, 0.1) is 6.54 Å². The van der Waals surface area contributed by atoms with Crippen LogP contribution in [0.1, 0.15) is 20.8 Å². The van der Waals surface area contributed by atoms with Crippen LogP contribution in [-0.2, 0) is 14.3 Å². The standard InChI is InChI=1S/C14H20N2O3/c1-14(2,3)19-13(18)10-16(12(17)9-15)11-7-5-4-6-8-11/h4-8H,9-10,15H2,1-3H3. The van der Waals surface area contributed by atoms with Crippen molar-refractivity contribution in [3.63, 3.8) is 0 Å². The highest BCUT2D eigenvalue weighted by molar-refractivity contribution is 5.98. The molecule has 2 N–H and O–H groups in total. The first-order valence-electron chi connectivity index (χ1n) is 6.11. The second-order valence-corrected chi connectivity index (χ2v) is 5.11. The van der Waals surface area contributed by atoms with Crippen molar-refractivity contribution in [2.24, 2.45) is 5.73 Å². The Morgan fingerprint density at radius 2 is 1.79 bits per heavy atom. The first-order valence-corrected chi connectivity index (χ1v) is 6.11. The van der Waals surface area contributed by atoms with E-state index in [1.54, 1.807) is 45.0 Å². The van der Waals surface area contributed by atoms with Crippen LogP contribution < -0.4 is 10.6 Å². The van der Waals surface area contributed by atoms with E-state index in [0.717, 1.165) is 0 Å². The lowest BCUT2D eigenvalue weighted by atomic mass is 10.2. The molecule has 0 aliphatic heterocycles. The van der Waals surface area contributed by atoms with Crippen molar-refractivity contribution in [3.05, 3.63) is 30.3 Å². The maximum atomic E-state index is 11.8. The molecule has 0 aliphatic rings. The van der Waals surface area contributed by atoms with Crippen LogP contribution in [0.2, 0.25) is 0 Å². The fourth-order valence-electron chi connectivity index (χ4n) is 1.54. The van der Waals surface area contributed by atoms with Crippen LogP contribution in [0.25, 0.3) is 0 Å². The average molecular weight is 264 g/mol. The predicted octanol–water partition coefficient (Wildman–Crippen LogP) is 1.32. The molecular weight excluding hydrogens is 244 g/mol. The monoisotopic (exact) mass is 264 g/mol. The Kier molecular flexibility index (Phi) is 5.06. The highest BCUT2D eigenvalue weighted by Gasteiger charge is 2.22. The number of carbonyl (C=O) groups is 2. The molecule has 0 aliphatic carbocycles. The summed E-state index contributed by atoms with van der Waals surface area (Å²) in [5, 5.41) is 0. The molecule has 0 heterocycles. The van der Waals surface area contributed by atoms with E-state index >= 15 is 0 Å². The lowest BCUT2D eigenvalue weighted by Gasteiger charge is -2.25. The Labute approximate surface area is 113 Å². The summed E-state index contributed by atoms with van der Waals surface area (Å²) in [4.78, 5) is 24.9. The van der Waals surface area contributed by atoms with Crippen LogP contribution in [0.15, 0.2) is 30.3 Å². The second kappa shape index (κ2) is 6.33. The molecule has 0 spiro atoms. The number of benzene rings is 1. The van der Waals surface area contributed by atoms with Crippen LogP contribution in [0.4, 0.5) is 5.69 Å². The molecule has 0 bridgehead atoms. The number of anilines is 1. The van der Waals surface area contributed by atoms with E-state index in [1.165, 1.54) is 4.90 Å². The fraction of sp³-hybridized carbons (Fsp3) is 0.429. The number of amides is 1. The van der Waals surface area contributed by atoms with Crippen LogP contribution in [0, 0.1) is 0 Å². The molecule has 0 unspecified atom stereocenters. The van der Waals surface area contributed by atoms with Gasteiger partial charge in [-0.05, 0) is 32.9 Å². The quantitative estimate of drug-likeness (QED) is 0.832. The van der Waals surface area contributed by atoms with Gasteiger partial charge in [-0.25, -0.2) is 0 Å². The Balaban J connectivity index is 2.83. The molecule has 1 aromatic carbocycles. The number of hydrogen-bond acceptors (Lipinski definition) is 4. The number of nitrogens with zero attached hydrogens (tertiary/aromatic N) is 1. The van der Waals surface area contributed by atoms with E-state index in [1.807, 2.05) is 6.07 Å². The lowest BCUT2D eigenvalue weighted by Crippen LogP contribution is -2.41. The van der Waals surface area contributed by atoms with Gasteiger partial charge in [-0.1, -0.05) is 18.2 Å². The summed E-state index contributed by atoms with van der Waals surface area (Å²) in [7, 11) is 0. The maximum Gasteiger partial charge on any atom is 0.326 e. The topological polar surface area (TPSA) is 72.6 Å². The number of hydrogen-bond donors (Lipinski definition) is 1. The third-order valence-electron chi connectivity index (χ3n) is 2.25. The highest BCUT2D eigenvalue weighted by atomic mass is 16.6. The minimum Gasteiger partial charge on any atom is -0.459 e. The zero-order valence-electron chi connectivity index (χ0n) is 11.6. The maximum absolute atomic E-state index is 11.8. The molecule has 104 valence electrons. The molecule has 0 aromatic heterocycles. The molecule has 1 amide bonds. The van der Waals surface area contributed by atoms with Gasteiger partial charge < -0.3 is 15.4 Å². The van der Waals surface area contributed by atoms with Gasteiger partial charge in [0, 0.05) is 5.69 Å². The molecule has 0 radical (unpaired) electrons. The molecular formula is C14H20N2O3. The van der Waals surface area contributed by atoms with E-state index in [0.29, 0.717) is 5.69 Å². The van der Waals surface area contributed by atoms with Gasteiger partial charge in [0.25, 0.3) is 0 Å². The second-order valence-electron chi connectivity index (χ2n) is 5.11. The smallest absolute Gasteiger partial charge is 0.326 e. The van der Waals surface area contributed by atoms with Gasteiger partial charge in [-0.15, -0.1) is 0 Å². The van der Waals surface area contributed by atoms with Gasteiger partial charge in [-0.3, -0.25) is 9.59 Å². The molecule has 0 saturated carbocycles. The van der Waals surface area contributed by atoms with Gasteiger partial charge in [0.15, 0.2) is 0 Å². The normalized spacial score (nSPS) is 10.9. The Morgan fingerprint density at radius 3 is 2.26 bits per heavy atom. The highest BCUT2D eigenvalue weighted by Crippen LogP contribution is 2.14. The van der Waals surface area contributed by atoms with E-state index in [2.05, 4.69) is 0 Å². The third-order valence-corrected chi connectivity index (χ3v) is 2.25. The molecule has 5 heteroatoms. The van der Waals surface area contributed by atoms with Gasteiger partial charge >= 0.3 is 5.97 Å². The zero-order chi connectivity index (χ0) is 14.5. The zero-order valence-corrected chi connectivity index (χ0v) is 11.6. The third kappa shape index (κ3) is 5.09. The van der Waals surface area contributed by atoms with Crippen molar-refractivity contribution in [3.8, 4) is 0 Å². The number of nitrogens with two attached hydrogens (primary N) is 1. The summed E-state index contributed by atoms with van der Waals surface area (Å²) in [6.45, 7) is 5.04. The first-order chi connectivity index (χ1) is 8.83. The van der Waals surface area contributed by atoms with Gasteiger partial charge in [0.2, 0.25) is 5.91 Å². The summed E-state index contributed by atoms with van der Waals surface area (Å²) in [6, 6.07) is 8.92. The summed E-state index contributed by atoms with van der Waals surface area (Å²) < 4.78 is 5.21. The Bertz CT molecular complexity index is 438. The van der Waals surface area contributed by atoms with Crippen molar-refractivity contribution in [1.82, 2.24) is 0 Å². The number of rotatable bonds is 4. The number of carbonyl (C=O) groups excluding carboxylic acids is 2. The van der Waals surface area contributed by atoms with E-state index in [-0.39, 0.29) is 19.0 Å². The number of ether oxygens (including phenoxy) is 1. The van der Waals surface area contributed by atoms with Crippen LogP contribution in [0.5, 0.6) is 0 Å².